The fraction of sp³-hybridized carbons (Fsp3) is 0.690. The van der Waals surface area contributed by atoms with Crippen molar-refractivity contribution in [1.82, 2.24) is 26.6 Å². The summed E-state index contributed by atoms with van der Waals surface area (Å²) in [7, 11) is 0. The molecule has 5 amide bonds. The van der Waals surface area contributed by atoms with Crippen LogP contribution >= 0.6 is 0 Å². The lowest BCUT2D eigenvalue weighted by Crippen LogP contribution is -2.60. The summed E-state index contributed by atoms with van der Waals surface area (Å²) >= 11 is 0. The molecule has 7 atom stereocenters. The number of guanidine groups is 2. The SMILES string of the molecule is CC(O)C(NC(=O)C(CCCN=C(N)N)NC(=O)C(CCCCN)NC(=O)C(CC(=O)O)NC(=O)C(CCCN=C(N)N)NC(=O)C(N)CO)C(=O)O. The zero-order valence-corrected chi connectivity index (χ0v) is 29.5. The van der Waals surface area contributed by atoms with Crippen LogP contribution in [0.3, 0.4) is 0 Å². The molecule has 302 valence electrons. The van der Waals surface area contributed by atoms with E-state index in [4.69, 9.17) is 34.4 Å². The number of nitrogens with two attached hydrogens (primary N) is 6. The molecule has 0 fully saturated rings. The molecule has 0 saturated heterocycles. The second-order valence-corrected chi connectivity index (χ2v) is 11.9. The fourth-order valence-corrected chi connectivity index (χ4v) is 4.51. The summed E-state index contributed by atoms with van der Waals surface area (Å²) in [5.41, 5.74) is 32.4. The molecule has 0 bridgehead atoms. The smallest absolute Gasteiger partial charge is 0.328 e. The Morgan fingerprint density at radius 1 is 0.623 bits per heavy atom. The number of nitrogens with zero attached hydrogens (tertiary/aromatic N) is 2. The number of carbonyl (C=O) groups excluding carboxylic acids is 5. The van der Waals surface area contributed by atoms with E-state index in [1.54, 1.807) is 0 Å². The number of carboxylic acids is 2. The molecule has 0 heterocycles. The second-order valence-electron chi connectivity index (χ2n) is 11.9. The van der Waals surface area contributed by atoms with Gasteiger partial charge in [0.2, 0.25) is 29.5 Å². The molecule has 0 rings (SSSR count). The molecule has 0 aromatic heterocycles. The highest BCUT2D eigenvalue weighted by molar-refractivity contribution is 5.97. The lowest BCUT2D eigenvalue weighted by molar-refractivity contribution is -0.145. The molecule has 21 N–H and O–H groups in total. The van der Waals surface area contributed by atoms with Crippen LogP contribution in [0.25, 0.3) is 0 Å². The lowest BCUT2D eigenvalue weighted by atomic mass is 10.0. The van der Waals surface area contributed by atoms with Crippen molar-refractivity contribution < 1.29 is 54.0 Å². The van der Waals surface area contributed by atoms with Crippen LogP contribution < -0.4 is 61.0 Å². The Hall–Kier alpha value is -5.33. The normalized spacial score (nSPS) is 14.7. The number of carboxylic acid groups (broad SMARTS) is 2. The predicted molar refractivity (Wildman–Crippen MR) is 189 cm³/mol. The molecule has 0 aliphatic rings. The van der Waals surface area contributed by atoms with E-state index < -0.39 is 96.9 Å². The maximum atomic E-state index is 13.6. The molecule has 53 heavy (non-hydrogen) atoms. The molecule has 24 heteroatoms. The van der Waals surface area contributed by atoms with E-state index in [1.165, 1.54) is 0 Å². The van der Waals surface area contributed by atoms with Crippen LogP contribution in [0, 0.1) is 0 Å². The minimum absolute atomic E-state index is 0.0235. The average Bonchev–Trinajstić information content (AvgIpc) is 3.07. The van der Waals surface area contributed by atoms with Crippen LogP contribution in [0.1, 0.15) is 58.3 Å². The van der Waals surface area contributed by atoms with Gasteiger partial charge < -0.3 is 81.4 Å². The summed E-state index contributed by atoms with van der Waals surface area (Å²) < 4.78 is 0. The van der Waals surface area contributed by atoms with Crippen molar-refractivity contribution in [2.24, 2.45) is 44.4 Å². The van der Waals surface area contributed by atoms with Crippen molar-refractivity contribution in [3.05, 3.63) is 0 Å². The fourth-order valence-electron chi connectivity index (χ4n) is 4.51. The lowest BCUT2D eigenvalue weighted by Gasteiger charge is -2.27. The first-order valence-corrected chi connectivity index (χ1v) is 16.7. The number of unbranched alkanes of at least 4 members (excludes halogenated alkanes) is 1. The number of carbonyl (C=O) groups is 7. The quantitative estimate of drug-likeness (QED) is 0.0210. The summed E-state index contributed by atoms with van der Waals surface area (Å²) in [5.74, 6) is -8.54. The third-order valence-electron chi connectivity index (χ3n) is 7.33. The molecule has 0 spiro atoms. The number of nitrogens with one attached hydrogen (secondary N) is 5. The Balaban J connectivity index is 6.33. The molecule has 0 aliphatic carbocycles. The van der Waals surface area contributed by atoms with Gasteiger partial charge in [0.15, 0.2) is 18.0 Å². The Labute approximate surface area is 305 Å². The largest absolute Gasteiger partial charge is 0.481 e. The van der Waals surface area contributed by atoms with E-state index in [0.29, 0.717) is 6.42 Å². The summed E-state index contributed by atoms with van der Waals surface area (Å²) in [5, 5.41) is 49.6. The number of rotatable bonds is 27. The number of aliphatic carboxylic acids is 2. The first-order valence-electron chi connectivity index (χ1n) is 16.7. The molecule has 0 radical (unpaired) electrons. The van der Waals surface area contributed by atoms with E-state index in [2.05, 4.69) is 36.6 Å². The van der Waals surface area contributed by atoms with E-state index >= 15 is 0 Å². The summed E-state index contributed by atoms with van der Waals surface area (Å²) in [4.78, 5) is 96.8. The number of hydrogen-bond acceptors (Lipinski definition) is 13. The van der Waals surface area contributed by atoms with Crippen molar-refractivity contribution >= 4 is 53.4 Å². The maximum absolute atomic E-state index is 13.6. The van der Waals surface area contributed by atoms with E-state index in [9.17, 15) is 54.0 Å². The van der Waals surface area contributed by atoms with Gasteiger partial charge >= 0.3 is 11.9 Å². The van der Waals surface area contributed by atoms with Crippen LogP contribution in [0.2, 0.25) is 0 Å². The Kier molecular flexibility index (Phi) is 23.0. The summed E-state index contributed by atoms with van der Waals surface area (Å²) in [6, 6.07) is -9.19. The molecule has 0 aromatic rings. The Bertz CT molecular complexity index is 1290. The molecular formula is C29H55N13O11. The summed E-state index contributed by atoms with van der Waals surface area (Å²) in [6.07, 6.45) is -1.88. The average molecular weight is 762 g/mol. The standard InChI is InChI=1S/C29H55N13O11/c1-14(44)21(27(52)53)42-25(50)18(8-5-11-37-29(34)35)39-23(48)16(6-2-3-9-30)40-26(51)19(12-20(45)46)41-24(49)17(7-4-10-36-28(32)33)38-22(47)15(31)13-43/h14-19,21,43-44H,2-13,30-31H2,1H3,(H,38,47)(H,39,48)(H,40,51)(H,41,49)(H,42,50)(H,45,46)(H,52,53)(H4,32,33,36)(H4,34,35,37). The van der Waals surface area contributed by atoms with Gasteiger partial charge in [0, 0.05) is 13.1 Å². The molecule has 0 aliphatic heterocycles. The number of aliphatic imine (C=N–C) groups is 2. The number of aliphatic hydroxyl groups is 2. The van der Waals surface area contributed by atoms with Crippen molar-refractivity contribution in [1.29, 1.82) is 0 Å². The van der Waals surface area contributed by atoms with Crippen LogP contribution in [0.15, 0.2) is 9.98 Å². The molecule has 0 aromatic carbocycles. The van der Waals surface area contributed by atoms with Gasteiger partial charge in [-0.15, -0.1) is 0 Å². The van der Waals surface area contributed by atoms with Crippen LogP contribution in [-0.4, -0.2) is 142 Å². The van der Waals surface area contributed by atoms with Gasteiger partial charge in [-0.05, 0) is 58.4 Å². The van der Waals surface area contributed by atoms with Gasteiger partial charge in [-0.2, -0.15) is 0 Å². The number of amides is 5. The monoisotopic (exact) mass is 761 g/mol. The van der Waals surface area contributed by atoms with Gasteiger partial charge in [0.05, 0.1) is 19.1 Å². The predicted octanol–water partition coefficient (Wildman–Crippen LogP) is -7.09. The molecule has 24 nitrogen and oxygen atoms in total. The number of aliphatic hydroxyl groups excluding tert-OH is 2. The van der Waals surface area contributed by atoms with Crippen molar-refractivity contribution in [2.45, 2.75) is 101 Å². The second kappa shape index (κ2) is 25.6. The van der Waals surface area contributed by atoms with Gasteiger partial charge in [0.25, 0.3) is 0 Å². The third kappa shape index (κ3) is 20.3. The highest BCUT2D eigenvalue weighted by Gasteiger charge is 2.34. The summed E-state index contributed by atoms with van der Waals surface area (Å²) in [6.45, 7) is 0.645. The minimum Gasteiger partial charge on any atom is -0.481 e. The van der Waals surface area contributed by atoms with Gasteiger partial charge in [-0.1, -0.05) is 0 Å². The van der Waals surface area contributed by atoms with Crippen LogP contribution in [-0.2, 0) is 33.6 Å². The Morgan fingerprint density at radius 2 is 1.02 bits per heavy atom. The van der Waals surface area contributed by atoms with Crippen LogP contribution in [0.4, 0.5) is 0 Å². The van der Waals surface area contributed by atoms with Crippen molar-refractivity contribution in [3.63, 3.8) is 0 Å². The highest BCUT2D eigenvalue weighted by Crippen LogP contribution is 2.08. The molecular weight excluding hydrogens is 706 g/mol. The first kappa shape index (κ1) is 47.7. The first-order chi connectivity index (χ1) is 24.8. The van der Waals surface area contributed by atoms with Crippen molar-refractivity contribution in [3.8, 4) is 0 Å². The van der Waals surface area contributed by atoms with Crippen LogP contribution in [0.5, 0.6) is 0 Å². The molecule has 7 unspecified atom stereocenters. The minimum atomic E-state index is -1.80. The zero-order valence-electron chi connectivity index (χ0n) is 29.5. The van der Waals surface area contributed by atoms with E-state index in [0.717, 1.165) is 6.92 Å². The maximum Gasteiger partial charge on any atom is 0.328 e. The third-order valence-corrected chi connectivity index (χ3v) is 7.33. The Morgan fingerprint density at radius 3 is 1.40 bits per heavy atom. The topological polar surface area (TPSA) is 441 Å². The number of hydrogen-bond donors (Lipinski definition) is 15. The van der Waals surface area contributed by atoms with Crippen molar-refractivity contribution in [2.75, 3.05) is 26.2 Å². The van der Waals surface area contributed by atoms with Gasteiger partial charge in [-0.3, -0.25) is 38.8 Å². The highest BCUT2D eigenvalue weighted by atomic mass is 16.4. The van der Waals surface area contributed by atoms with E-state index in [-0.39, 0.29) is 70.1 Å². The zero-order chi connectivity index (χ0) is 40.7. The molecule has 0 saturated carbocycles. The van der Waals surface area contributed by atoms with E-state index in [1.807, 2.05) is 0 Å². The van der Waals surface area contributed by atoms with Gasteiger partial charge in [0.1, 0.15) is 30.2 Å². The van der Waals surface area contributed by atoms with Gasteiger partial charge in [-0.25, -0.2) is 4.79 Å².